The van der Waals surface area contributed by atoms with Crippen molar-refractivity contribution in [3.8, 4) is 28.4 Å². The highest BCUT2D eigenvalue weighted by Crippen LogP contribution is 2.59. The Morgan fingerprint density at radius 2 is 1.47 bits per heavy atom. The summed E-state index contributed by atoms with van der Waals surface area (Å²) in [7, 11) is 4.42. The summed E-state index contributed by atoms with van der Waals surface area (Å²) in [6.07, 6.45) is 4.62. The van der Waals surface area contributed by atoms with Crippen molar-refractivity contribution in [2.24, 2.45) is 23.7 Å². The van der Waals surface area contributed by atoms with Crippen LogP contribution < -0.4 is 14.8 Å². The van der Waals surface area contributed by atoms with Crippen molar-refractivity contribution in [3.63, 3.8) is 0 Å². The van der Waals surface area contributed by atoms with Crippen molar-refractivity contribution in [2.45, 2.75) is 68.7 Å². The maximum absolute atomic E-state index is 14.8. The molecule has 1 aromatic heterocycles. The molecule has 2 amide bonds. The van der Waals surface area contributed by atoms with Gasteiger partial charge in [-0.1, -0.05) is 38.1 Å². The summed E-state index contributed by atoms with van der Waals surface area (Å²) >= 11 is 0. The highest BCUT2D eigenvalue weighted by molar-refractivity contribution is 7.87. The molecule has 4 aliphatic carbocycles. The molecule has 4 fully saturated rings. The van der Waals surface area contributed by atoms with Crippen LogP contribution in [-0.4, -0.2) is 99.8 Å². The second-order valence-electron chi connectivity index (χ2n) is 16.9. The lowest BCUT2D eigenvalue weighted by Gasteiger charge is -2.59. The van der Waals surface area contributed by atoms with E-state index in [0.29, 0.717) is 78.1 Å². The summed E-state index contributed by atoms with van der Waals surface area (Å²) in [5.41, 5.74) is 1.40. The average molecular weight is 826 g/mol. The maximum Gasteiger partial charge on any atom is 0.348 e. The third kappa shape index (κ3) is 8.08. The SMILES string of the molecule is COc1cccc(OC)c1-c1cc(C(=O)NC2(C(=O)OS(=O)(=O)c3ccccc3)C3CC4CC(C3)CC2C4)nn1-c1ccc(C(=O)N(C)CCCN(C)C)cc1C(C)C. The second kappa shape index (κ2) is 16.8. The summed E-state index contributed by atoms with van der Waals surface area (Å²) in [6.45, 7) is 5.51. The first-order valence-electron chi connectivity index (χ1n) is 20.4. The standard InChI is InChI=1S/C45H55N5O8S/c1-28(2)35-26-31(43(52)49(5)20-12-19-48(3)4)17-18-37(35)50-38(41-39(56-6)15-11-16-40(41)57-7)27-36(47-50)42(51)46-45(32-22-29-21-30(24-32)25-33(45)23-29)44(53)58-59(54,55)34-13-9-8-10-14-34/h8-11,13-18,26-30,32-33H,12,19-25H2,1-7H3,(H,46,51). The quantitative estimate of drug-likeness (QED) is 0.131. The molecule has 1 N–H and O–H groups in total. The molecule has 59 heavy (non-hydrogen) atoms. The number of nitrogens with one attached hydrogen (secondary N) is 1. The van der Waals surface area contributed by atoms with Gasteiger partial charge >= 0.3 is 16.1 Å². The van der Waals surface area contributed by atoms with E-state index in [0.717, 1.165) is 24.9 Å². The van der Waals surface area contributed by atoms with E-state index in [4.69, 9.17) is 18.8 Å². The summed E-state index contributed by atoms with van der Waals surface area (Å²) in [5, 5.41) is 8.03. The number of ether oxygens (including phenoxy) is 2. The van der Waals surface area contributed by atoms with Gasteiger partial charge in [-0.15, -0.1) is 0 Å². The van der Waals surface area contributed by atoms with E-state index in [1.807, 2.05) is 40.1 Å². The number of carbonyl (C=O) groups is 3. The predicted molar refractivity (Wildman–Crippen MR) is 223 cm³/mol. The Labute approximate surface area is 347 Å². The molecule has 0 spiro atoms. The van der Waals surface area contributed by atoms with E-state index in [-0.39, 0.29) is 34.3 Å². The number of methoxy groups -OCH3 is 2. The van der Waals surface area contributed by atoms with Crippen molar-refractivity contribution in [2.75, 3.05) is 48.5 Å². The predicted octanol–water partition coefficient (Wildman–Crippen LogP) is 6.56. The molecule has 4 bridgehead atoms. The van der Waals surface area contributed by atoms with E-state index in [2.05, 4.69) is 10.2 Å². The van der Waals surface area contributed by atoms with Crippen molar-refractivity contribution in [1.29, 1.82) is 0 Å². The zero-order chi connectivity index (χ0) is 42.2. The molecule has 4 aromatic rings. The Bertz CT molecular complexity index is 2270. The van der Waals surface area contributed by atoms with Crippen LogP contribution in [0.4, 0.5) is 0 Å². The van der Waals surface area contributed by atoms with E-state index in [1.54, 1.807) is 79.4 Å². The largest absolute Gasteiger partial charge is 0.496 e. The Balaban J connectivity index is 1.31. The van der Waals surface area contributed by atoms with Gasteiger partial charge in [0.25, 0.3) is 11.8 Å². The van der Waals surface area contributed by atoms with Gasteiger partial charge in [0.15, 0.2) is 5.69 Å². The van der Waals surface area contributed by atoms with Crippen LogP contribution in [0.25, 0.3) is 16.9 Å². The Morgan fingerprint density at radius 1 is 0.847 bits per heavy atom. The molecule has 4 saturated carbocycles. The fourth-order valence-electron chi connectivity index (χ4n) is 9.82. The van der Waals surface area contributed by atoms with Gasteiger partial charge in [0.05, 0.1) is 31.2 Å². The number of hydrogen-bond acceptors (Lipinski definition) is 10. The Morgan fingerprint density at radius 3 is 2.05 bits per heavy atom. The van der Waals surface area contributed by atoms with Crippen LogP contribution in [0.15, 0.2) is 77.7 Å². The van der Waals surface area contributed by atoms with Crippen LogP contribution in [0.5, 0.6) is 11.5 Å². The molecule has 314 valence electrons. The molecule has 0 saturated heterocycles. The van der Waals surface area contributed by atoms with E-state index < -0.39 is 27.5 Å². The smallest absolute Gasteiger partial charge is 0.348 e. The number of hydrogen-bond donors (Lipinski definition) is 1. The minimum Gasteiger partial charge on any atom is -0.496 e. The monoisotopic (exact) mass is 825 g/mol. The number of nitrogens with zero attached hydrogens (tertiary/aromatic N) is 4. The lowest BCUT2D eigenvalue weighted by atomic mass is 9.48. The normalized spacial score (nSPS) is 22.1. The number of benzene rings is 3. The van der Waals surface area contributed by atoms with Crippen molar-refractivity contribution in [1.82, 2.24) is 24.9 Å². The molecule has 1 heterocycles. The minimum absolute atomic E-state index is 0.00431. The fourth-order valence-corrected chi connectivity index (χ4v) is 10.7. The fraction of sp³-hybridized carbons (Fsp3) is 0.467. The molecule has 4 aliphatic rings. The number of rotatable bonds is 15. The van der Waals surface area contributed by atoms with Crippen molar-refractivity contribution < 1.29 is 36.5 Å². The zero-order valence-electron chi connectivity index (χ0n) is 34.9. The number of aromatic nitrogens is 2. The number of amides is 2. The molecule has 13 nitrogen and oxygen atoms in total. The van der Waals surface area contributed by atoms with Crippen molar-refractivity contribution >= 4 is 27.9 Å². The van der Waals surface area contributed by atoms with Gasteiger partial charge in [0, 0.05) is 19.2 Å². The van der Waals surface area contributed by atoms with Gasteiger partial charge in [0.2, 0.25) is 0 Å². The van der Waals surface area contributed by atoms with Crippen LogP contribution in [0, 0.1) is 23.7 Å². The van der Waals surface area contributed by atoms with Crippen LogP contribution in [0.2, 0.25) is 0 Å². The summed E-state index contributed by atoms with van der Waals surface area (Å²) in [6, 6.07) is 20.1. The Kier molecular flexibility index (Phi) is 11.9. The van der Waals surface area contributed by atoms with Crippen LogP contribution in [0.3, 0.4) is 0 Å². The first kappa shape index (κ1) is 41.9. The zero-order valence-corrected chi connectivity index (χ0v) is 35.8. The summed E-state index contributed by atoms with van der Waals surface area (Å²) in [5.74, 6) is -0.662. The molecular weight excluding hydrogens is 771 g/mol. The second-order valence-corrected chi connectivity index (χ2v) is 18.5. The minimum atomic E-state index is -4.48. The summed E-state index contributed by atoms with van der Waals surface area (Å²) < 4.78 is 45.8. The van der Waals surface area contributed by atoms with Gasteiger partial charge in [0.1, 0.15) is 21.9 Å². The molecule has 0 aliphatic heterocycles. The topological polar surface area (TPSA) is 149 Å². The lowest BCUT2D eigenvalue weighted by Crippen LogP contribution is -2.70. The van der Waals surface area contributed by atoms with Gasteiger partial charge in [-0.2, -0.15) is 13.5 Å². The van der Waals surface area contributed by atoms with Crippen LogP contribution >= 0.6 is 0 Å². The first-order valence-corrected chi connectivity index (χ1v) is 21.8. The van der Waals surface area contributed by atoms with Crippen LogP contribution in [0.1, 0.15) is 84.7 Å². The lowest BCUT2D eigenvalue weighted by molar-refractivity contribution is -0.159. The highest BCUT2D eigenvalue weighted by atomic mass is 32.2. The third-order valence-corrected chi connectivity index (χ3v) is 13.7. The molecule has 14 heteroatoms. The first-order chi connectivity index (χ1) is 28.2. The molecule has 0 radical (unpaired) electrons. The van der Waals surface area contributed by atoms with Gasteiger partial charge < -0.3 is 28.8 Å². The molecule has 0 atom stereocenters. The number of carbonyl (C=O) groups excluding carboxylic acids is 3. The molecule has 8 rings (SSSR count). The molecular formula is C45H55N5O8S. The van der Waals surface area contributed by atoms with E-state index in [1.165, 1.54) is 12.1 Å². The van der Waals surface area contributed by atoms with Gasteiger partial charge in [-0.05, 0) is 143 Å². The van der Waals surface area contributed by atoms with E-state index >= 15 is 0 Å². The maximum atomic E-state index is 14.8. The average Bonchev–Trinajstić information content (AvgIpc) is 3.66. The van der Waals surface area contributed by atoms with Gasteiger partial charge in [-0.3, -0.25) is 9.59 Å². The molecule has 3 aromatic carbocycles. The van der Waals surface area contributed by atoms with E-state index in [9.17, 15) is 22.8 Å². The highest BCUT2D eigenvalue weighted by Gasteiger charge is 2.63. The molecule has 0 unspecified atom stereocenters. The summed E-state index contributed by atoms with van der Waals surface area (Å²) in [4.78, 5) is 46.7. The Hall–Kier alpha value is -5.21. The van der Waals surface area contributed by atoms with Crippen molar-refractivity contribution in [3.05, 3.63) is 89.6 Å². The van der Waals surface area contributed by atoms with Gasteiger partial charge in [-0.25, -0.2) is 9.48 Å². The van der Waals surface area contributed by atoms with Crippen LogP contribution in [-0.2, 0) is 19.1 Å². The third-order valence-electron chi connectivity index (χ3n) is 12.5.